The fourth-order valence-corrected chi connectivity index (χ4v) is 4.80. The zero-order valence-electron chi connectivity index (χ0n) is 20.2. The second-order valence-corrected chi connectivity index (χ2v) is 9.23. The van der Waals surface area contributed by atoms with Crippen LogP contribution in [0.4, 0.5) is 0 Å². The van der Waals surface area contributed by atoms with Crippen molar-refractivity contribution in [2.45, 2.75) is 39.3 Å². The van der Waals surface area contributed by atoms with Crippen molar-refractivity contribution in [1.82, 2.24) is 9.55 Å². The number of halogens is 1. The molecule has 36 heavy (non-hydrogen) atoms. The van der Waals surface area contributed by atoms with Gasteiger partial charge >= 0.3 is 0 Å². The Morgan fingerprint density at radius 1 is 0.917 bits per heavy atom. The maximum absolute atomic E-state index is 9.89. The minimum atomic E-state index is -0.135. The molecule has 3 aromatic carbocycles. The highest BCUT2D eigenvalue weighted by molar-refractivity contribution is 6.30. The monoisotopic (exact) mass is 497 g/mol. The molecule has 0 atom stereocenters. The largest absolute Gasteiger partial charge is 0.390 e. The maximum atomic E-state index is 9.89. The van der Waals surface area contributed by atoms with Crippen molar-refractivity contribution in [3.63, 3.8) is 0 Å². The number of unbranched alkanes of at least 4 members (excludes halogenated alkanes) is 1. The predicted molar refractivity (Wildman–Crippen MR) is 144 cm³/mol. The van der Waals surface area contributed by atoms with Crippen molar-refractivity contribution in [3.05, 3.63) is 101 Å². The number of hydrogen-bond acceptors (Lipinski definition) is 5. The van der Waals surface area contributed by atoms with E-state index in [0.29, 0.717) is 23.9 Å². The smallest absolute Gasteiger partial charge is 0.152 e. The minimum Gasteiger partial charge on any atom is -0.390 e. The molecule has 0 saturated carbocycles. The van der Waals surface area contributed by atoms with Crippen LogP contribution in [0.15, 0.2) is 88.2 Å². The first-order valence-electron chi connectivity index (χ1n) is 12.2. The van der Waals surface area contributed by atoms with Gasteiger partial charge < -0.3 is 9.67 Å². The van der Waals surface area contributed by atoms with Gasteiger partial charge in [-0.2, -0.15) is 5.11 Å². The highest BCUT2D eigenvalue weighted by Crippen LogP contribution is 2.31. The molecule has 1 N–H and O–H groups in total. The molecular formula is C29H28ClN5O. The second kappa shape index (κ2) is 11.0. The lowest BCUT2D eigenvalue weighted by Gasteiger charge is -2.14. The van der Waals surface area contributed by atoms with Crippen molar-refractivity contribution in [1.29, 1.82) is 0 Å². The zero-order valence-corrected chi connectivity index (χ0v) is 21.0. The molecule has 6 nitrogen and oxygen atoms in total. The topological polar surface area (TPSA) is 75.1 Å². The van der Waals surface area contributed by atoms with Crippen LogP contribution in [0, 0.1) is 0 Å². The molecule has 0 amide bonds. The standard InChI is InChI=1S/C29H28ClN5O/c1-2-3-9-28-32-29(30)27(19-36)35(28)18-20-10-12-22(13-11-20)25-16-23(21-7-5-4-6-8-21)14-15-24(25)26-17-31-34-33-26/h4-8,10-16,36H,2-3,9,17-19H2,1H3. The normalized spacial score (nSPS) is 12.8. The van der Waals surface area contributed by atoms with Crippen LogP contribution in [0.5, 0.6) is 0 Å². The van der Waals surface area contributed by atoms with Crippen molar-refractivity contribution in [3.8, 4) is 22.3 Å². The van der Waals surface area contributed by atoms with Crippen molar-refractivity contribution < 1.29 is 5.11 Å². The van der Waals surface area contributed by atoms with Crippen molar-refractivity contribution in [2.24, 2.45) is 15.4 Å². The minimum absolute atomic E-state index is 0.135. The molecule has 182 valence electrons. The molecule has 0 spiro atoms. The highest BCUT2D eigenvalue weighted by Gasteiger charge is 2.17. The van der Waals surface area contributed by atoms with Crippen LogP contribution in [0.25, 0.3) is 22.3 Å². The van der Waals surface area contributed by atoms with Crippen LogP contribution in [-0.2, 0) is 19.6 Å². The summed E-state index contributed by atoms with van der Waals surface area (Å²) in [7, 11) is 0. The molecule has 5 rings (SSSR count). The Labute approximate surface area is 216 Å². The average molecular weight is 498 g/mol. The van der Waals surface area contributed by atoms with Crippen molar-refractivity contribution in [2.75, 3.05) is 6.54 Å². The van der Waals surface area contributed by atoms with Gasteiger partial charge in [0, 0.05) is 18.5 Å². The molecule has 1 aliphatic rings. The van der Waals surface area contributed by atoms with E-state index in [9.17, 15) is 5.11 Å². The summed E-state index contributed by atoms with van der Waals surface area (Å²) >= 11 is 6.33. The van der Waals surface area contributed by atoms with Crippen LogP contribution in [0.2, 0.25) is 5.15 Å². The Morgan fingerprint density at radius 2 is 1.69 bits per heavy atom. The summed E-state index contributed by atoms with van der Waals surface area (Å²) in [4.78, 5) is 4.51. The Kier molecular flexibility index (Phi) is 7.35. The molecular weight excluding hydrogens is 470 g/mol. The van der Waals surface area contributed by atoms with Crippen LogP contribution >= 0.6 is 11.6 Å². The summed E-state index contributed by atoms with van der Waals surface area (Å²) in [6, 6.07) is 25.3. The molecule has 1 aliphatic heterocycles. The van der Waals surface area contributed by atoms with Gasteiger partial charge in [-0.25, -0.2) is 4.98 Å². The van der Waals surface area contributed by atoms with Gasteiger partial charge in [0.1, 0.15) is 12.4 Å². The Balaban J connectivity index is 1.49. The molecule has 7 heteroatoms. The van der Waals surface area contributed by atoms with Crippen molar-refractivity contribution >= 4 is 17.3 Å². The quantitative estimate of drug-likeness (QED) is 0.272. The average Bonchev–Trinajstić information content (AvgIpc) is 3.56. The van der Waals surface area contributed by atoms with E-state index in [4.69, 9.17) is 11.6 Å². The van der Waals surface area contributed by atoms with E-state index in [0.717, 1.165) is 64.2 Å². The van der Waals surface area contributed by atoms with Gasteiger partial charge in [0.15, 0.2) is 5.15 Å². The van der Waals surface area contributed by atoms with E-state index in [1.54, 1.807) is 0 Å². The first-order valence-corrected chi connectivity index (χ1v) is 12.6. The SMILES string of the molecule is CCCCc1nc(Cl)c(CO)n1Cc1ccc(-c2cc(-c3ccccc3)ccc2C2=NN=NC2)cc1. The molecule has 0 fully saturated rings. The van der Waals surface area contributed by atoms with Crippen LogP contribution in [0.3, 0.4) is 0 Å². The van der Waals surface area contributed by atoms with E-state index < -0.39 is 0 Å². The number of hydrogen-bond donors (Lipinski definition) is 1. The van der Waals surface area contributed by atoms with Crippen LogP contribution in [0.1, 0.15) is 42.4 Å². The summed E-state index contributed by atoms with van der Waals surface area (Å²) in [5, 5.41) is 22.4. The zero-order chi connectivity index (χ0) is 24.9. The first-order chi connectivity index (χ1) is 17.7. The highest BCUT2D eigenvalue weighted by atomic mass is 35.5. The lowest BCUT2D eigenvalue weighted by Crippen LogP contribution is -2.09. The third-order valence-corrected chi connectivity index (χ3v) is 6.80. The summed E-state index contributed by atoms with van der Waals surface area (Å²) in [5.74, 6) is 0.916. The number of aryl methyl sites for hydroxylation is 1. The first kappa shape index (κ1) is 24.1. The number of rotatable bonds is 9. The number of imidazole rings is 1. The third kappa shape index (κ3) is 5.01. The molecule has 4 aromatic rings. The Hall–Kier alpha value is -3.61. The summed E-state index contributed by atoms with van der Waals surface area (Å²) in [6.45, 7) is 3.11. The van der Waals surface area contributed by atoms with E-state index in [2.05, 4.69) is 81.9 Å². The summed E-state index contributed by atoms with van der Waals surface area (Å²) in [6.07, 6.45) is 2.94. The number of nitrogens with zero attached hydrogens (tertiary/aromatic N) is 5. The summed E-state index contributed by atoms with van der Waals surface area (Å²) < 4.78 is 2.05. The fraction of sp³-hybridized carbons (Fsp3) is 0.241. The van der Waals surface area contributed by atoms with Gasteiger partial charge in [-0.05, 0) is 45.5 Å². The van der Waals surface area contributed by atoms with Gasteiger partial charge in [-0.1, -0.05) is 91.7 Å². The van der Waals surface area contributed by atoms with E-state index >= 15 is 0 Å². The van der Waals surface area contributed by atoms with Gasteiger partial charge in [0.25, 0.3) is 0 Å². The number of aliphatic hydroxyl groups is 1. The van der Waals surface area contributed by atoms with E-state index in [1.807, 2.05) is 22.8 Å². The number of aliphatic hydroxyl groups excluding tert-OH is 1. The number of benzene rings is 3. The molecule has 0 unspecified atom stereocenters. The molecule has 0 aliphatic carbocycles. The molecule has 0 bridgehead atoms. The maximum Gasteiger partial charge on any atom is 0.152 e. The van der Waals surface area contributed by atoms with Gasteiger partial charge in [-0.15, -0.1) is 5.10 Å². The van der Waals surface area contributed by atoms with E-state index in [1.165, 1.54) is 0 Å². The Bertz CT molecular complexity index is 1410. The molecule has 0 radical (unpaired) electrons. The van der Waals surface area contributed by atoms with Gasteiger partial charge in [-0.3, -0.25) is 0 Å². The van der Waals surface area contributed by atoms with Gasteiger partial charge in [0.2, 0.25) is 0 Å². The molecule has 2 heterocycles. The summed E-state index contributed by atoms with van der Waals surface area (Å²) in [5.41, 5.74) is 8.19. The lowest BCUT2D eigenvalue weighted by molar-refractivity contribution is 0.271. The van der Waals surface area contributed by atoms with E-state index in [-0.39, 0.29) is 6.61 Å². The second-order valence-electron chi connectivity index (χ2n) is 8.87. The third-order valence-electron chi connectivity index (χ3n) is 6.50. The van der Waals surface area contributed by atoms with Gasteiger partial charge in [0.05, 0.1) is 18.0 Å². The fourth-order valence-electron chi connectivity index (χ4n) is 4.54. The molecule has 1 aromatic heterocycles. The van der Waals surface area contributed by atoms with Crippen LogP contribution < -0.4 is 0 Å². The molecule has 0 saturated heterocycles. The number of aromatic nitrogens is 2. The van der Waals surface area contributed by atoms with Crippen LogP contribution in [-0.4, -0.2) is 26.9 Å². The lowest BCUT2D eigenvalue weighted by atomic mass is 9.92. The Morgan fingerprint density at radius 3 is 2.39 bits per heavy atom. The predicted octanol–water partition coefficient (Wildman–Crippen LogP) is 6.92.